The van der Waals surface area contributed by atoms with E-state index < -0.39 is 16.1 Å². The van der Waals surface area contributed by atoms with Gasteiger partial charge in [0.1, 0.15) is 11.9 Å². The van der Waals surface area contributed by atoms with Gasteiger partial charge >= 0.3 is 0 Å². The Morgan fingerprint density at radius 3 is 2.29 bits per heavy atom. The van der Waals surface area contributed by atoms with Crippen LogP contribution in [0, 0.1) is 19.7 Å². The zero-order valence-corrected chi connectivity index (χ0v) is 18.7. The van der Waals surface area contributed by atoms with E-state index in [-0.39, 0.29) is 17.8 Å². The summed E-state index contributed by atoms with van der Waals surface area (Å²) in [6.07, 6.45) is 1.95. The summed E-state index contributed by atoms with van der Waals surface area (Å²) in [7, 11) is -3.61. The van der Waals surface area contributed by atoms with Crippen molar-refractivity contribution < 1.29 is 17.6 Å². The number of rotatable bonds is 6. The Hall–Kier alpha value is -2.29. The summed E-state index contributed by atoms with van der Waals surface area (Å²) in [5, 5.41) is 3.04. The van der Waals surface area contributed by atoms with Crippen LogP contribution in [0.3, 0.4) is 0 Å². The quantitative estimate of drug-likeness (QED) is 0.742. The third-order valence-corrected chi connectivity index (χ3v) is 8.00. The van der Waals surface area contributed by atoms with Crippen molar-refractivity contribution in [1.29, 1.82) is 0 Å². The predicted octanol–water partition coefficient (Wildman–Crippen LogP) is 2.77. The van der Waals surface area contributed by atoms with Crippen molar-refractivity contribution in [2.24, 2.45) is 0 Å². The van der Waals surface area contributed by atoms with Gasteiger partial charge in [0.2, 0.25) is 15.9 Å². The van der Waals surface area contributed by atoms with Gasteiger partial charge in [-0.15, -0.1) is 0 Å². The van der Waals surface area contributed by atoms with Crippen LogP contribution in [0.1, 0.15) is 35.6 Å². The highest BCUT2D eigenvalue weighted by Gasteiger charge is 2.36. The first kappa shape index (κ1) is 21.9. The number of aryl methyl sites for hydroxylation is 2. The number of nitrogens with one attached hydrogen (secondary N) is 1. The van der Waals surface area contributed by atoms with Gasteiger partial charge < -0.3 is 5.32 Å². The van der Waals surface area contributed by atoms with Gasteiger partial charge in [-0.2, -0.15) is 4.31 Å². The molecule has 6 nitrogen and oxygen atoms in total. The van der Waals surface area contributed by atoms with E-state index in [1.165, 1.54) is 16.4 Å². The molecule has 2 aliphatic rings. The molecule has 0 aromatic heterocycles. The minimum atomic E-state index is -3.61. The number of hydrogen-bond acceptors (Lipinski definition) is 4. The van der Waals surface area contributed by atoms with E-state index in [0.29, 0.717) is 36.6 Å². The molecule has 2 aromatic rings. The summed E-state index contributed by atoms with van der Waals surface area (Å²) in [4.78, 5) is 15.3. The molecule has 0 bridgehead atoms. The summed E-state index contributed by atoms with van der Waals surface area (Å²) in [6.45, 7) is 5.11. The third-order valence-electron chi connectivity index (χ3n) is 5.96. The number of hydrogen-bond donors (Lipinski definition) is 1. The fourth-order valence-corrected chi connectivity index (χ4v) is 5.74. The van der Waals surface area contributed by atoms with Crippen LogP contribution in [0.15, 0.2) is 47.4 Å². The van der Waals surface area contributed by atoms with E-state index in [9.17, 15) is 17.6 Å². The molecule has 1 N–H and O–H groups in total. The number of carbonyl (C=O) groups is 1. The van der Waals surface area contributed by atoms with Gasteiger partial charge in [-0.3, -0.25) is 9.69 Å². The fourth-order valence-electron chi connectivity index (χ4n) is 4.01. The van der Waals surface area contributed by atoms with Gasteiger partial charge in [0.05, 0.1) is 4.90 Å². The maximum Gasteiger partial charge on any atom is 0.243 e. The third kappa shape index (κ3) is 4.81. The van der Waals surface area contributed by atoms with E-state index in [4.69, 9.17) is 0 Å². The van der Waals surface area contributed by atoms with Crippen molar-refractivity contribution >= 4 is 15.9 Å². The molecule has 2 fully saturated rings. The largest absolute Gasteiger partial charge is 0.352 e. The monoisotopic (exact) mass is 445 g/mol. The fraction of sp³-hybridized carbons (Fsp3) is 0.435. The Labute approximate surface area is 183 Å². The second kappa shape index (κ2) is 8.68. The minimum absolute atomic E-state index is 0.111. The first-order valence-corrected chi connectivity index (χ1v) is 12.1. The zero-order valence-electron chi connectivity index (χ0n) is 17.8. The van der Waals surface area contributed by atoms with E-state index in [1.54, 1.807) is 25.1 Å². The Balaban J connectivity index is 1.52. The number of amides is 1. The first-order chi connectivity index (χ1) is 14.8. The van der Waals surface area contributed by atoms with Gasteiger partial charge in [0.25, 0.3) is 0 Å². The van der Waals surface area contributed by atoms with Crippen LogP contribution >= 0.6 is 0 Å². The van der Waals surface area contributed by atoms with Gasteiger partial charge in [0.15, 0.2) is 0 Å². The Kier molecular flexibility index (Phi) is 6.14. The SMILES string of the molecule is Cc1ccc(C)c(S(=O)(=O)N2CCN(C(C(=O)NC3CC3)c3ccc(F)cc3)CC2)c1. The molecule has 1 aliphatic carbocycles. The lowest BCUT2D eigenvalue weighted by atomic mass is 10.0. The van der Waals surface area contributed by atoms with Crippen molar-refractivity contribution in [2.45, 2.75) is 43.7 Å². The molecule has 4 rings (SSSR count). The lowest BCUT2D eigenvalue weighted by molar-refractivity contribution is -0.127. The standard InChI is InChI=1S/C23H28FN3O3S/c1-16-3-4-17(2)21(15-16)31(29,30)27-13-11-26(12-14-27)22(23(28)25-20-9-10-20)18-5-7-19(24)8-6-18/h3-8,15,20,22H,9-14H2,1-2H3,(H,25,28). The molecular formula is C23H28FN3O3S. The van der Waals surface area contributed by atoms with E-state index in [2.05, 4.69) is 5.32 Å². The number of halogens is 1. The summed E-state index contributed by atoms with van der Waals surface area (Å²) in [5.74, 6) is -0.463. The maximum atomic E-state index is 13.4. The highest BCUT2D eigenvalue weighted by atomic mass is 32.2. The van der Waals surface area contributed by atoms with Gasteiger partial charge in [-0.1, -0.05) is 24.3 Å². The van der Waals surface area contributed by atoms with Crippen LogP contribution < -0.4 is 5.32 Å². The number of nitrogens with zero attached hydrogens (tertiary/aromatic N) is 2. The molecule has 1 atom stereocenters. The number of benzene rings is 2. The van der Waals surface area contributed by atoms with Crippen LogP contribution in [0.25, 0.3) is 0 Å². The summed E-state index contributed by atoms with van der Waals surface area (Å²) < 4.78 is 41.4. The molecule has 1 amide bonds. The molecule has 2 aromatic carbocycles. The lowest BCUT2D eigenvalue weighted by Gasteiger charge is -2.38. The Morgan fingerprint density at radius 1 is 1.03 bits per heavy atom. The summed E-state index contributed by atoms with van der Waals surface area (Å²) in [6, 6.07) is 11.1. The van der Waals surface area contributed by atoms with Crippen LogP contribution in [0.2, 0.25) is 0 Å². The summed E-state index contributed by atoms with van der Waals surface area (Å²) >= 11 is 0. The van der Waals surface area contributed by atoms with Crippen molar-refractivity contribution in [1.82, 2.24) is 14.5 Å². The van der Waals surface area contributed by atoms with E-state index in [1.807, 2.05) is 24.0 Å². The van der Waals surface area contributed by atoms with Crippen LogP contribution in [0.4, 0.5) is 4.39 Å². The smallest absolute Gasteiger partial charge is 0.243 e. The molecule has 8 heteroatoms. The van der Waals surface area contributed by atoms with E-state index in [0.717, 1.165) is 24.0 Å². The molecule has 1 saturated carbocycles. The number of sulfonamides is 1. The number of carbonyl (C=O) groups excluding carboxylic acids is 1. The average Bonchev–Trinajstić information content (AvgIpc) is 3.56. The predicted molar refractivity (Wildman–Crippen MR) is 117 cm³/mol. The van der Waals surface area contributed by atoms with Crippen molar-refractivity contribution in [3.63, 3.8) is 0 Å². The molecule has 0 radical (unpaired) electrons. The van der Waals surface area contributed by atoms with Gasteiger partial charge in [0, 0.05) is 32.2 Å². The second-order valence-corrected chi connectivity index (χ2v) is 10.4. The Morgan fingerprint density at radius 2 is 1.68 bits per heavy atom. The van der Waals surface area contributed by atoms with Crippen molar-refractivity contribution in [3.8, 4) is 0 Å². The Bertz CT molecular complexity index is 1060. The normalized spacial score (nSPS) is 19.2. The lowest BCUT2D eigenvalue weighted by Crippen LogP contribution is -2.52. The molecule has 1 unspecified atom stereocenters. The average molecular weight is 446 g/mol. The molecule has 1 saturated heterocycles. The molecule has 1 heterocycles. The summed E-state index contributed by atoms with van der Waals surface area (Å²) in [5.41, 5.74) is 2.34. The van der Waals surface area contributed by atoms with Gasteiger partial charge in [-0.25, -0.2) is 12.8 Å². The second-order valence-electron chi connectivity index (χ2n) is 8.45. The molecular weight excluding hydrogens is 417 g/mol. The van der Waals surface area contributed by atoms with Crippen molar-refractivity contribution in [2.75, 3.05) is 26.2 Å². The number of piperazine rings is 1. The first-order valence-electron chi connectivity index (χ1n) is 10.6. The molecule has 31 heavy (non-hydrogen) atoms. The molecule has 0 spiro atoms. The zero-order chi connectivity index (χ0) is 22.2. The topological polar surface area (TPSA) is 69.7 Å². The van der Waals surface area contributed by atoms with Crippen LogP contribution in [0.5, 0.6) is 0 Å². The highest BCUT2D eigenvalue weighted by Crippen LogP contribution is 2.28. The van der Waals surface area contributed by atoms with E-state index >= 15 is 0 Å². The molecule has 1 aliphatic heterocycles. The van der Waals surface area contributed by atoms with Gasteiger partial charge in [-0.05, 0) is 61.6 Å². The van der Waals surface area contributed by atoms with Crippen molar-refractivity contribution in [3.05, 3.63) is 65.0 Å². The molecule has 166 valence electrons. The van der Waals surface area contributed by atoms with Crippen LogP contribution in [-0.4, -0.2) is 55.8 Å². The maximum absolute atomic E-state index is 13.4. The van der Waals surface area contributed by atoms with Crippen LogP contribution in [-0.2, 0) is 14.8 Å². The highest BCUT2D eigenvalue weighted by molar-refractivity contribution is 7.89. The minimum Gasteiger partial charge on any atom is -0.352 e.